The zero-order valence-electron chi connectivity index (χ0n) is 15.4. The SMILES string of the molecule is Cc1ccc(F)c([C@@H](C)[C@@H](C(=O)O)N2COc3cc(Cl)ccc3S2(=O)=O)c1C. The van der Waals surface area contributed by atoms with Crippen LogP contribution in [0.3, 0.4) is 0 Å². The van der Waals surface area contributed by atoms with Gasteiger partial charge in [0.05, 0.1) is 0 Å². The van der Waals surface area contributed by atoms with Crippen LogP contribution in [0.1, 0.15) is 29.5 Å². The highest BCUT2D eigenvalue weighted by molar-refractivity contribution is 7.89. The highest BCUT2D eigenvalue weighted by Crippen LogP contribution is 2.38. The Kier molecular flexibility index (Phi) is 5.40. The van der Waals surface area contributed by atoms with Gasteiger partial charge >= 0.3 is 5.97 Å². The third-order valence-corrected chi connectivity index (χ3v) is 7.14. The molecule has 2 aromatic rings. The minimum absolute atomic E-state index is 0.0541. The molecule has 1 aliphatic rings. The van der Waals surface area contributed by atoms with Crippen molar-refractivity contribution in [2.45, 2.75) is 37.6 Å². The lowest BCUT2D eigenvalue weighted by molar-refractivity contribution is -0.143. The molecule has 0 fully saturated rings. The molecule has 1 heterocycles. The van der Waals surface area contributed by atoms with Gasteiger partial charge in [-0.25, -0.2) is 12.8 Å². The van der Waals surface area contributed by atoms with Crippen molar-refractivity contribution in [1.82, 2.24) is 4.31 Å². The largest absolute Gasteiger partial charge is 0.480 e. The lowest BCUT2D eigenvalue weighted by Gasteiger charge is -2.35. The fourth-order valence-electron chi connectivity index (χ4n) is 3.47. The quantitative estimate of drug-likeness (QED) is 0.804. The smallest absolute Gasteiger partial charge is 0.322 e. The van der Waals surface area contributed by atoms with E-state index in [9.17, 15) is 22.7 Å². The fourth-order valence-corrected chi connectivity index (χ4v) is 5.26. The van der Waals surface area contributed by atoms with Crippen molar-refractivity contribution < 1.29 is 27.4 Å². The maximum atomic E-state index is 14.5. The van der Waals surface area contributed by atoms with E-state index in [1.54, 1.807) is 19.9 Å². The molecule has 6 nitrogen and oxygen atoms in total. The Morgan fingerprint density at radius 1 is 1.29 bits per heavy atom. The van der Waals surface area contributed by atoms with Crippen molar-refractivity contribution in [3.05, 3.63) is 57.9 Å². The highest BCUT2D eigenvalue weighted by atomic mass is 35.5. The van der Waals surface area contributed by atoms with Crippen LogP contribution in [0.5, 0.6) is 5.75 Å². The van der Waals surface area contributed by atoms with Crippen LogP contribution in [0.25, 0.3) is 0 Å². The Bertz CT molecular complexity index is 1060. The second-order valence-corrected chi connectivity index (χ2v) is 9.03. The normalized spacial score (nSPS) is 18.0. The molecule has 2 aromatic carbocycles. The standard InChI is InChI=1S/C19H19ClFNO5S/c1-10-4-6-14(21)17(11(10)2)12(3)18(19(23)24)22-9-27-15-8-13(20)5-7-16(15)28(22,25)26/h4-8,12,18H,9H2,1-3H3,(H,23,24)/t12-,18+/m1/s1. The second kappa shape index (κ2) is 7.35. The van der Waals surface area contributed by atoms with Gasteiger partial charge in [0.15, 0.2) is 6.73 Å². The first-order valence-corrected chi connectivity index (χ1v) is 10.3. The van der Waals surface area contributed by atoms with E-state index in [1.807, 2.05) is 0 Å². The molecule has 0 spiro atoms. The van der Waals surface area contributed by atoms with Crippen LogP contribution in [-0.4, -0.2) is 36.6 Å². The van der Waals surface area contributed by atoms with Gasteiger partial charge in [0.1, 0.15) is 22.5 Å². The second-order valence-electron chi connectivity index (χ2n) is 6.73. The molecule has 0 aromatic heterocycles. The molecule has 3 rings (SSSR count). The van der Waals surface area contributed by atoms with E-state index >= 15 is 0 Å². The molecular weight excluding hydrogens is 409 g/mol. The van der Waals surface area contributed by atoms with E-state index in [4.69, 9.17) is 16.3 Å². The number of carboxylic acids is 1. The monoisotopic (exact) mass is 427 g/mol. The van der Waals surface area contributed by atoms with Gasteiger partial charge in [-0.15, -0.1) is 4.31 Å². The number of benzene rings is 2. The number of ether oxygens (including phenoxy) is 1. The van der Waals surface area contributed by atoms with E-state index in [0.717, 1.165) is 9.87 Å². The number of hydrogen-bond donors (Lipinski definition) is 1. The van der Waals surface area contributed by atoms with E-state index in [-0.39, 0.29) is 16.2 Å². The third kappa shape index (κ3) is 3.36. The molecule has 0 saturated heterocycles. The van der Waals surface area contributed by atoms with Crippen LogP contribution in [0.4, 0.5) is 4.39 Å². The number of halogens is 2. The van der Waals surface area contributed by atoms with Crippen LogP contribution in [0, 0.1) is 19.7 Å². The van der Waals surface area contributed by atoms with Gasteiger partial charge in [0.25, 0.3) is 0 Å². The van der Waals surface area contributed by atoms with Gasteiger partial charge in [-0.1, -0.05) is 24.6 Å². The van der Waals surface area contributed by atoms with Crippen molar-refractivity contribution in [3.8, 4) is 5.75 Å². The molecule has 0 saturated carbocycles. The summed E-state index contributed by atoms with van der Waals surface area (Å²) in [5, 5.41) is 10.1. The summed E-state index contributed by atoms with van der Waals surface area (Å²) >= 11 is 5.88. The molecular formula is C19H19ClFNO5S. The minimum atomic E-state index is -4.19. The number of nitrogens with zero attached hydrogens (tertiary/aromatic N) is 1. The predicted molar refractivity (Wildman–Crippen MR) is 102 cm³/mol. The molecule has 0 radical (unpaired) electrons. The first-order chi connectivity index (χ1) is 13.1. The number of aliphatic carboxylic acids is 1. The maximum Gasteiger partial charge on any atom is 0.322 e. The molecule has 0 bridgehead atoms. The Morgan fingerprint density at radius 2 is 1.96 bits per heavy atom. The highest BCUT2D eigenvalue weighted by Gasteiger charge is 2.44. The number of hydrogen-bond acceptors (Lipinski definition) is 4. The van der Waals surface area contributed by atoms with E-state index in [1.165, 1.54) is 31.2 Å². The number of rotatable bonds is 4. The van der Waals surface area contributed by atoms with Gasteiger partial charge in [0.2, 0.25) is 10.0 Å². The topological polar surface area (TPSA) is 83.9 Å². The van der Waals surface area contributed by atoms with Gasteiger partial charge in [-0.2, -0.15) is 0 Å². The van der Waals surface area contributed by atoms with Crippen LogP contribution in [0.2, 0.25) is 5.02 Å². The Labute approximate surface area is 167 Å². The molecule has 28 heavy (non-hydrogen) atoms. The molecule has 2 atom stereocenters. The summed E-state index contributed by atoms with van der Waals surface area (Å²) in [6.07, 6.45) is 0. The summed E-state index contributed by atoms with van der Waals surface area (Å²) < 4.78 is 46.9. The Hall–Kier alpha value is -2.16. The molecule has 0 unspecified atom stereocenters. The first-order valence-electron chi connectivity index (χ1n) is 8.48. The van der Waals surface area contributed by atoms with Gasteiger partial charge in [-0.3, -0.25) is 4.79 Å². The molecule has 1 aliphatic heterocycles. The van der Waals surface area contributed by atoms with Crippen LogP contribution in [0.15, 0.2) is 35.2 Å². The summed E-state index contributed by atoms with van der Waals surface area (Å²) in [4.78, 5) is 11.9. The number of carboxylic acid groups (broad SMARTS) is 1. The number of aryl methyl sites for hydroxylation is 1. The van der Waals surface area contributed by atoms with Gasteiger partial charge in [0, 0.05) is 17.0 Å². The summed E-state index contributed by atoms with van der Waals surface area (Å²) in [6.45, 7) is 4.45. The van der Waals surface area contributed by atoms with Crippen LogP contribution < -0.4 is 4.74 Å². The molecule has 0 aliphatic carbocycles. The first kappa shape index (κ1) is 20.6. The summed E-state index contributed by atoms with van der Waals surface area (Å²) in [7, 11) is -4.19. The van der Waals surface area contributed by atoms with Crippen molar-refractivity contribution in [2.24, 2.45) is 0 Å². The fraction of sp³-hybridized carbons (Fsp3) is 0.316. The zero-order valence-corrected chi connectivity index (χ0v) is 17.0. The molecule has 1 N–H and O–H groups in total. The molecule has 150 valence electrons. The minimum Gasteiger partial charge on any atom is -0.480 e. The number of fused-ring (bicyclic) bond motifs is 1. The predicted octanol–water partition coefficient (Wildman–Crippen LogP) is 3.69. The average molecular weight is 428 g/mol. The summed E-state index contributed by atoms with van der Waals surface area (Å²) in [5.41, 5.74) is 1.54. The van der Waals surface area contributed by atoms with Gasteiger partial charge < -0.3 is 9.84 Å². The average Bonchev–Trinajstić information content (AvgIpc) is 2.60. The number of carbonyl (C=O) groups is 1. The van der Waals surface area contributed by atoms with Crippen molar-refractivity contribution in [2.75, 3.05) is 6.73 Å². The lowest BCUT2D eigenvalue weighted by Crippen LogP contribution is -2.51. The molecule has 9 heteroatoms. The van der Waals surface area contributed by atoms with Crippen molar-refractivity contribution in [3.63, 3.8) is 0 Å². The van der Waals surface area contributed by atoms with E-state index in [0.29, 0.717) is 10.6 Å². The maximum absolute atomic E-state index is 14.5. The van der Waals surface area contributed by atoms with Crippen LogP contribution >= 0.6 is 11.6 Å². The van der Waals surface area contributed by atoms with Crippen LogP contribution in [-0.2, 0) is 14.8 Å². The lowest BCUT2D eigenvalue weighted by atomic mass is 9.88. The Balaban J connectivity index is 2.10. The third-order valence-electron chi connectivity index (χ3n) is 5.06. The summed E-state index contributed by atoms with van der Waals surface area (Å²) in [5.74, 6) is -2.87. The van der Waals surface area contributed by atoms with Crippen molar-refractivity contribution in [1.29, 1.82) is 0 Å². The van der Waals surface area contributed by atoms with E-state index in [2.05, 4.69) is 0 Å². The summed E-state index contributed by atoms with van der Waals surface area (Å²) in [6, 6.07) is 5.30. The van der Waals surface area contributed by atoms with Gasteiger partial charge in [-0.05, 0) is 48.7 Å². The Morgan fingerprint density at radius 3 is 2.61 bits per heavy atom. The van der Waals surface area contributed by atoms with E-state index < -0.39 is 40.5 Å². The number of sulfonamides is 1. The molecule has 0 amide bonds. The zero-order chi connectivity index (χ0) is 20.8. The van der Waals surface area contributed by atoms with Crippen molar-refractivity contribution >= 4 is 27.6 Å².